The van der Waals surface area contributed by atoms with Crippen LogP contribution in [0.15, 0.2) is 18.2 Å². The summed E-state index contributed by atoms with van der Waals surface area (Å²) in [7, 11) is 0. The van der Waals surface area contributed by atoms with Crippen molar-refractivity contribution in [1.29, 1.82) is 0 Å². The Bertz CT molecular complexity index is 424. The van der Waals surface area contributed by atoms with Crippen LogP contribution in [0.1, 0.15) is 32.3 Å². The van der Waals surface area contributed by atoms with Crippen molar-refractivity contribution in [3.63, 3.8) is 0 Å². The number of hydrogen-bond acceptors (Lipinski definition) is 3. The van der Waals surface area contributed by atoms with Crippen LogP contribution in [0.25, 0.3) is 0 Å². The molecule has 0 saturated heterocycles. The van der Waals surface area contributed by atoms with Gasteiger partial charge in [0.1, 0.15) is 6.61 Å². The van der Waals surface area contributed by atoms with Crippen LogP contribution in [-0.2, 0) is 16.1 Å². The number of ether oxygens (including phenoxy) is 1. The largest absolute Gasteiger partial charge is 0.464 e. The van der Waals surface area contributed by atoms with Gasteiger partial charge in [-0.3, -0.25) is 4.79 Å². The molecule has 0 bridgehead atoms. The highest BCUT2D eigenvalue weighted by Gasteiger charge is 2.09. The molecular formula is C14H19F2NO2. The molecule has 0 aliphatic carbocycles. The fourth-order valence-corrected chi connectivity index (χ4v) is 1.53. The molecule has 0 radical (unpaired) electrons. The Morgan fingerprint density at radius 3 is 2.63 bits per heavy atom. The molecule has 0 aliphatic rings. The van der Waals surface area contributed by atoms with E-state index in [0.717, 1.165) is 18.6 Å². The Morgan fingerprint density at radius 2 is 2.05 bits per heavy atom. The van der Waals surface area contributed by atoms with E-state index in [4.69, 9.17) is 4.74 Å². The van der Waals surface area contributed by atoms with E-state index in [0.29, 0.717) is 18.5 Å². The lowest BCUT2D eigenvalue weighted by atomic mass is 10.2. The molecule has 19 heavy (non-hydrogen) atoms. The van der Waals surface area contributed by atoms with E-state index < -0.39 is 11.6 Å². The Hall–Kier alpha value is -1.49. The van der Waals surface area contributed by atoms with Gasteiger partial charge in [-0.15, -0.1) is 0 Å². The normalized spacial score (nSPS) is 12.2. The lowest BCUT2D eigenvalue weighted by Gasteiger charge is -2.17. The summed E-state index contributed by atoms with van der Waals surface area (Å²) in [5, 5.41) is 3.15. The summed E-state index contributed by atoms with van der Waals surface area (Å²) >= 11 is 0. The minimum Gasteiger partial charge on any atom is -0.464 e. The highest BCUT2D eigenvalue weighted by atomic mass is 19.2. The van der Waals surface area contributed by atoms with Gasteiger partial charge in [-0.25, -0.2) is 8.78 Å². The average molecular weight is 271 g/mol. The van der Waals surface area contributed by atoms with Gasteiger partial charge in [0.05, 0.1) is 0 Å². The Morgan fingerprint density at radius 1 is 1.32 bits per heavy atom. The fourth-order valence-electron chi connectivity index (χ4n) is 1.53. The number of carbonyl (C=O) groups excluding carboxylic acids is 1. The summed E-state index contributed by atoms with van der Waals surface area (Å²) < 4.78 is 30.8. The lowest BCUT2D eigenvalue weighted by Crippen LogP contribution is -2.33. The Labute approximate surface area is 112 Å². The molecule has 0 heterocycles. The summed E-state index contributed by atoms with van der Waals surface area (Å²) in [6.45, 7) is 4.38. The van der Waals surface area contributed by atoms with E-state index in [2.05, 4.69) is 5.32 Å². The van der Waals surface area contributed by atoms with Gasteiger partial charge in [-0.05, 0) is 24.1 Å². The van der Waals surface area contributed by atoms with Crippen molar-refractivity contribution in [2.75, 3.05) is 6.61 Å². The van der Waals surface area contributed by atoms with E-state index in [-0.39, 0.29) is 18.6 Å². The molecule has 3 nitrogen and oxygen atoms in total. The summed E-state index contributed by atoms with van der Waals surface area (Å²) in [4.78, 5) is 11.0. The molecule has 106 valence electrons. The van der Waals surface area contributed by atoms with Gasteiger partial charge in [0, 0.05) is 19.0 Å². The van der Waals surface area contributed by atoms with Crippen LogP contribution >= 0.6 is 0 Å². The van der Waals surface area contributed by atoms with Gasteiger partial charge >= 0.3 is 5.97 Å². The van der Waals surface area contributed by atoms with Crippen LogP contribution in [0.3, 0.4) is 0 Å². The maximum Gasteiger partial charge on any atom is 0.305 e. The molecule has 5 heteroatoms. The maximum absolute atomic E-state index is 13.0. The minimum atomic E-state index is -0.857. The predicted molar refractivity (Wildman–Crippen MR) is 68.5 cm³/mol. The second-order valence-electron chi connectivity index (χ2n) is 4.27. The zero-order valence-corrected chi connectivity index (χ0v) is 11.2. The first-order valence-electron chi connectivity index (χ1n) is 6.39. The van der Waals surface area contributed by atoms with Crippen LogP contribution < -0.4 is 5.32 Å². The predicted octanol–water partition coefficient (Wildman–Crippen LogP) is 2.79. The number of rotatable bonds is 7. The lowest BCUT2D eigenvalue weighted by molar-refractivity contribution is -0.144. The highest BCUT2D eigenvalue weighted by molar-refractivity contribution is 5.68. The van der Waals surface area contributed by atoms with Crippen LogP contribution in [-0.4, -0.2) is 18.6 Å². The maximum atomic E-state index is 13.0. The zero-order valence-electron chi connectivity index (χ0n) is 11.2. The van der Waals surface area contributed by atoms with Crippen LogP contribution in [0.2, 0.25) is 0 Å². The second kappa shape index (κ2) is 7.84. The molecule has 1 N–H and O–H groups in total. The molecule has 0 aromatic heterocycles. The molecule has 0 amide bonds. The molecule has 1 aromatic carbocycles. The van der Waals surface area contributed by atoms with E-state index >= 15 is 0 Å². The van der Waals surface area contributed by atoms with Crippen molar-refractivity contribution in [2.45, 2.75) is 39.3 Å². The smallest absolute Gasteiger partial charge is 0.305 e. The van der Waals surface area contributed by atoms with Crippen LogP contribution in [0.5, 0.6) is 0 Å². The number of halogens is 2. The number of benzene rings is 1. The van der Waals surface area contributed by atoms with Crippen molar-refractivity contribution in [3.8, 4) is 0 Å². The average Bonchev–Trinajstić information content (AvgIpc) is 2.42. The van der Waals surface area contributed by atoms with Crippen molar-refractivity contribution < 1.29 is 18.3 Å². The molecule has 0 spiro atoms. The molecule has 1 rings (SSSR count). The molecule has 0 saturated carbocycles. The van der Waals surface area contributed by atoms with Gasteiger partial charge in [0.2, 0.25) is 0 Å². The fraction of sp³-hybridized carbons (Fsp3) is 0.500. The summed E-state index contributed by atoms with van der Waals surface area (Å²) in [6, 6.07) is 3.79. The van der Waals surface area contributed by atoms with Crippen molar-refractivity contribution >= 4 is 5.97 Å². The number of esters is 1. The SMILES string of the molecule is CCC(=O)OCC(CC)NCc1ccc(F)c(F)c1. The zero-order chi connectivity index (χ0) is 14.3. The number of nitrogens with one attached hydrogen (secondary N) is 1. The topological polar surface area (TPSA) is 38.3 Å². The molecule has 1 atom stereocenters. The van der Waals surface area contributed by atoms with Crippen molar-refractivity contribution in [3.05, 3.63) is 35.4 Å². The molecule has 1 unspecified atom stereocenters. The van der Waals surface area contributed by atoms with E-state index in [1.165, 1.54) is 6.07 Å². The summed E-state index contributed by atoms with van der Waals surface area (Å²) in [6.07, 6.45) is 1.13. The van der Waals surface area contributed by atoms with Gasteiger partial charge in [-0.2, -0.15) is 0 Å². The van der Waals surface area contributed by atoms with Gasteiger partial charge in [-0.1, -0.05) is 19.9 Å². The number of carbonyl (C=O) groups is 1. The van der Waals surface area contributed by atoms with Crippen LogP contribution in [0.4, 0.5) is 8.78 Å². The van der Waals surface area contributed by atoms with Crippen LogP contribution in [0, 0.1) is 11.6 Å². The summed E-state index contributed by atoms with van der Waals surface area (Å²) in [5.41, 5.74) is 0.652. The van der Waals surface area contributed by atoms with E-state index in [9.17, 15) is 13.6 Å². The van der Waals surface area contributed by atoms with Crippen molar-refractivity contribution in [2.24, 2.45) is 0 Å². The monoisotopic (exact) mass is 271 g/mol. The van der Waals surface area contributed by atoms with E-state index in [1.807, 2.05) is 6.92 Å². The molecular weight excluding hydrogens is 252 g/mol. The Balaban J connectivity index is 2.44. The van der Waals surface area contributed by atoms with E-state index in [1.54, 1.807) is 6.92 Å². The minimum absolute atomic E-state index is 0.00335. The van der Waals surface area contributed by atoms with Gasteiger partial charge in [0.15, 0.2) is 11.6 Å². The third kappa shape index (κ3) is 5.34. The quantitative estimate of drug-likeness (QED) is 0.775. The standard InChI is InChI=1S/C14H19F2NO2/c1-3-11(9-19-14(18)4-2)17-8-10-5-6-12(15)13(16)7-10/h5-7,11,17H,3-4,8-9H2,1-2H3. The second-order valence-corrected chi connectivity index (χ2v) is 4.27. The van der Waals surface area contributed by atoms with Gasteiger partial charge < -0.3 is 10.1 Å². The molecule has 1 aromatic rings. The first-order valence-corrected chi connectivity index (χ1v) is 6.39. The van der Waals surface area contributed by atoms with Crippen molar-refractivity contribution in [1.82, 2.24) is 5.32 Å². The summed E-state index contributed by atoms with van der Waals surface area (Å²) in [5.74, 6) is -1.95. The molecule has 0 fully saturated rings. The van der Waals surface area contributed by atoms with Gasteiger partial charge in [0.25, 0.3) is 0 Å². The third-order valence-electron chi connectivity index (χ3n) is 2.81. The Kier molecular flexibility index (Phi) is 6.42. The highest BCUT2D eigenvalue weighted by Crippen LogP contribution is 2.09. The number of hydrogen-bond donors (Lipinski definition) is 1. The third-order valence-corrected chi connectivity index (χ3v) is 2.81. The first-order chi connectivity index (χ1) is 9.06. The molecule has 0 aliphatic heterocycles. The first kappa shape index (κ1) is 15.6.